The van der Waals surface area contributed by atoms with E-state index in [1.807, 2.05) is 19.9 Å². The number of carbonyl (C=O) groups is 2. The minimum absolute atomic E-state index is 0.137. The number of furan rings is 1. The molecule has 2 rings (SSSR count). The van der Waals surface area contributed by atoms with Crippen molar-refractivity contribution in [1.82, 2.24) is 9.88 Å². The first-order chi connectivity index (χ1) is 10.3. The molecule has 1 amide bonds. The molecule has 0 aliphatic heterocycles. The Morgan fingerprint density at radius 3 is 2.50 bits per heavy atom. The second-order valence-corrected chi connectivity index (χ2v) is 5.50. The van der Waals surface area contributed by atoms with Gasteiger partial charge in [0.1, 0.15) is 5.76 Å². The van der Waals surface area contributed by atoms with Gasteiger partial charge in [0.25, 0.3) is 5.91 Å². The van der Waals surface area contributed by atoms with E-state index in [-0.39, 0.29) is 24.3 Å². The zero-order chi connectivity index (χ0) is 16.4. The number of nitrogens with one attached hydrogen (secondary N) is 1. The van der Waals surface area contributed by atoms with Crippen LogP contribution in [0.1, 0.15) is 58.0 Å². The second-order valence-electron chi connectivity index (χ2n) is 5.50. The summed E-state index contributed by atoms with van der Waals surface area (Å²) in [7, 11) is 0. The lowest BCUT2D eigenvalue weighted by Gasteiger charge is -2.13. The van der Waals surface area contributed by atoms with E-state index in [9.17, 15) is 9.59 Å². The van der Waals surface area contributed by atoms with Crippen molar-refractivity contribution in [3.05, 3.63) is 46.7 Å². The maximum atomic E-state index is 12.3. The monoisotopic (exact) mass is 304 g/mol. The smallest absolute Gasteiger partial charge is 0.371 e. The zero-order valence-corrected chi connectivity index (χ0v) is 13.1. The van der Waals surface area contributed by atoms with Gasteiger partial charge in [0.15, 0.2) is 0 Å². The van der Waals surface area contributed by atoms with Crippen molar-refractivity contribution < 1.29 is 19.1 Å². The van der Waals surface area contributed by atoms with Gasteiger partial charge in [0.05, 0.1) is 12.1 Å². The molecular formula is C16H20N2O4. The average Bonchev–Trinajstić information content (AvgIpc) is 3.01. The molecular weight excluding hydrogens is 284 g/mol. The van der Waals surface area contributed by atoms with E-state index in [2.05, 4.69) is 23.7 Å². The third kappa shape index (κ3) is 3.05. The molecule has 2 aromatic heterocycles. The van der Waals surface area contributed by atoms with Crippen LogP contribution in [0.5, 0.6) is 0 Å². The largest absolute Gasteiger partial charge is 0.475 e. The number of aromatic carboxylic acids is 1. The van der Waals surface area contributed by atoms with Gasteiger partial charge in [-0.1, -0.05) is 0 Å². The number of hydrogen-bond donors (Lipinski definition) is 2. The summed E-state index contributed by atoms with van der Waals surface area (Å²) >= 11 is 0. The summed E-state index contributed by atoms with van der Waals surface area (Å²) in [5.41, 5.74) is 2.57. The van der Waals surface area contributed by atoms with Crippen molar-refractivity contribution in [2.24, 2.45) is 0 Å². The van der Waals surface area contributed by atoms with Crippen LogP contribution in [-0.2, 0) is 6.54 Å². The number of aromatic nitrogens is 1. The summed E-state index contributed by atoms with van der Waals surface area (Å²) in [5.74, 6) is -1.06. The Morgan fingerprint density at radius 2 is 2.00 bits per heavy atom. The van der Waals surface area contributed by atoms with E-state index >= 15 is 0 Å². The first-order valence-corrected chi connectivity index (χ1v) is 7.10. The van der Waals surface area contributed by atoms with Crippen LogP contribution in [0.2, 0.25) is 0 Å². The molecule has 0 fully saturated rings. The predicted molar refractivity (Wildman–Crippen MR) is 81.1 cm³/mol. The van der Waals surface area contributed by atoms with Gasteiger partial charge >= 0.3 is 5.97 Å². The summed E-state index contributed by atoms with van der Waals surface area (Å²) in [6.45, 7) is 8.17. The maximum Gasteiger partial charge on any atom is 0.371 e. The zero-order valence-electron chi connectivity index (χ0n) is 13.1. The number of carboxylic acids is 1. The molecule has 0 spiro atoms. The number of amides is 1. The third-order valence-corrected chi connectivity index (χ3v) is 3.54. The number of nitrogens with zero attached hydrogens (tertiary/aromatic N) is 1. The van der Waals surface area contributed by atoms with Crippen LogP contribution in [0.25, 0.3) is 0 Å². The van der Waals surface area contributed by atoms with E-state index in [4.69, 9.17) is 9.52 Å². The molecule has 118 valence electrons. The fraction of sp³-hybridized carbons (Fsp3) is 0.375. The van der Waals surface area contributed by atoms with Crippen LogP contribution >= 0.6 is 0 Å². The Morgan fingerprint density at radius 1 is 1.32 bits per heavy atom. The van der Waals surface area contributed by atoms with E-state index in [0.717, 1.165) is 11.4 Å². The van der Waals surface area contributed by atoms with Crippen LogP contribution in [0.3, 0.4) is 0 Å². The van der Waals surface area contributed by atoms with Gasteiger partial charge in [-0.3, -0.25) is 4.79 Å². The Kier molecular flexibility index (Phi) is 4.40. The fourth-order valence-electron chi connectivity index (χ4n) is 2.65. The Balaban J connectivity index is 2.09. The molecule has 0 radical (unpaired) electrons. The van der Waals surface area contributed by atoms with E-state index in [1.165, 1.54) is 6.07 Å². The molecule has 0 saturated carbocycles. The molecule has 0 bridgehead atoms. The second kappa shape index (κ2) is 6.09. The molecule has 2 N–H and O–H groups in total. The SMILES string of the molecule is Cc1cc(C(=O)NCc2ccc(C(=O)O)o2)c(C)n1C(C)C. The van der Waals surface area contributed by atoms with Crippen LogP contribution in [-0.4, -0.2) is 21.6 Å². The normalized spacial score (nSPS) is 11.0. The van der Waals surface area contributed by atoms with Crippen LogP contribution in [0.15, 0.2) is 22.6 Å². The highest BCUT2D eigenvalue weighted by Gasteiger charge is 2.17. The molecule has 6 nitrogen and oxygen atoms in total. The van der Waals surface area contributed by atoms with Crippen molar-refractivity contribution in [2.75, 3.05) is 0 Å². The van der Waals surface area contributed by atoms with Crippen molar-refractivity contribution in [1.29, 1.82) is 0 Å². The number of rotatable bonds is 5. The van der Waals surface area contributed by atoms with Crippen LogP contribution < -0.4 is 5.32 Å². The van der Waals surface area contributed by atoms with Crippen molar-refractivity contribution >= 4 is 11.9 Å². The molecule has 0 aliphatic carbocycles. The Labute approximate surface area is 128 Å². The topological polar surface area (TPSA) is 84.5 Å². The highest BCUT2D eigenvalue weighted by molar-refractivity contribution is 5.95. The molecule has 22 heavy (non-hydrogen) atoms. The van der Waals surface area contributed by atoms with Crippen molar-refractivity contribution in [3.63, 3.8) is 0 Å². The highest BCUT2D eigenvalue weighted by Crippen LogP contribution is 2.20. The quantitative estimate of drug-likeness (QED) is 0.889. The van der Waals surface area contributed by atoms with E-state index in [0.29, 0.717) is 11.3 Å². The van der Waals surface area contributed by atoms with Gasteiger partial charge in [-0.2, -0.15) is 0 Å². The van der Waals surface area contributed by atoms with Gasteiger partial charge in [0, 0.05) is 17.4 Å². The van der Waals surface area contributed by atoms with Crippen molar-refractivity contribution in [2.45, 2.75) is 40.3 Å². The third-order valence-electron chi connectivity index (χ3n) is 3.54. The minimum atomic E-state index is -1.13. The van der Waals surface area contributed by atoms with Gasteiger partial charge in [-0.15, -0.1) is 0 Å². The minimum Gasteiger partial charge on any atom is -0.475 e. The molecule has 2 heterocycles. The van der Waals surface area contributed by atoms with E-state index < -0.39 is 5.97 Å². The standard InChI is InChI=1S/C16H20N2O4/c1-9(2)18-10(3)7-13(11(18)4)15(19)17-8-12-5-6-14(22-12)16(20)21/h5-7,9H,8H2,1-4H3,(H,17,19)(H,20,21). The summed E-state index contributed by atoms with van der Waals surface area (Å²) in [6.07, 6.45) is 0. The molecule has 0 saturated heterocycles. The number of aryl methyl sites for hydroxylation is 1. The summed E-state index contributed by atoms with van der Waals surface area (Å²) in [4.78, 5) is 23.0. The summed E-state index contributed by atoms with van der Waals surface area (Å²) in [5, 5.41) is 11.5. The van der Waals surface area contributed by atoms with Gasteiger partial charge in [0.2, 0.25) is 5.76 Å². The Hall–Kier alpha value is -2.50. The average molecular weight is 304 g/mol. The highest BCUT2D eigenvalue weighted by atomic mass is 16.4. The summed E-state index contributed by atoms with van der Waals surface area (Å²) < 4.78 is 7.21. The Bertz CT molecular complexity index is 710. The van der Waals surface area contributed by atoms with Crippen molar-refractivity contribution in [3.8, 4) is 0 Å². The fourth-order valence-corrected chi connectivity index (χ4v) is 2.65. The molecule has 2 aromatic rings. The number of carboxylic acid groups (broad SMARTS) is 1. The van der Waals surface area contributed by atoms with Crippen LogP contribution in [0, 0.1) is 13.8 Å². The molecule has 6 heteroatoms. The maximum absolute atomic E-state index is 12.3. The predicted octanol–water partition coefficient (Wildman–Crippen LogP) is 2.91. The first-order valence-electron chi connectivity index (χ1n) is 7.10. The molecule has 0 unspecified atom stereocenters. The van der Waals surface area contributed by atoms with E-state index in [1.54, 1.807) is 6.07 Å². The van der Waals surface area contributed by atoms with Gasteiger partial charge < -0.3 is 19.4 Å². The lowest BCUT2D eigenvalue weighted by atomic mass is 10.2. The number of hydrogen-bond acceptors (Lipinski definition) is 3. The van der Waals surface area contributed by atoms with Gasteiger partial charge in [-0.25, -0.2) is 4.79 Å². The molecule has 0 atom stereocenters. The van der Waals surface area contributed by atoms with Crippen LogP contribution in [0.4, 0.5) is 0 Å². The lowest BCUT2D eigenvalue weighted by Crippen LogP contribution is -2.23. The lowest BCUT2D eigenvalue weighted by molar-refractivity contribution is 0.0660. The first kappa shape index (κ1) is 15.9. The molecule has 0 aromatic carbocycles. The number of carbonyl (C=O) groups excluding carboxylic acids is 1. The van der Waals surface area contributed by atoms with Gasteiger partial charge in [-0.05, 0) is 45.9 Å². The summed E-state index contributed by atoms with van der Waals surface area (Å²) in [6, 6.07) is 5.05. The molecule has 0 aliphatic rings.